The lowest BCUT2D eigenvalue weighted by molar-refractivity contribution is -0.237. The van der Waals surface area contributed by atoms with E-state index in [1.54, 1.807) is 6.92 Å². The Bertz CT molecular complexity index is 146. The molecule has 0 fully saturated rings. The highest BCUT2D eigenvalue weighted by atomic mass is 32.2. The van der Waals surface area contributed by atoms with Crippen LogP contribution >= 0.6 is 11.8 Å². The summed E-state index contributed by atoms with van der Waals surface area (Å²) in [7, 11) is 0. The van der Waals surface area contributed by atoms with Crippen LogP contribution in [0.2, 0.25) is 0 Å². The molecule has 0 aliphatic heterocycles. The Kier molecular flexibility index (Phi) is 4.98. The highest BCUT2D eigenvalue weighted by Gasteiger charge is 2.57. The molecule has 0 heterocycles. The van der Waals surface area contributed by atoms with Crippen molar-refractivity contribution < 1.29 is 22.0 Å². The largest absolute Gasteiger partial charge is 0.464 e. The van der Waals surface area contributed by atoms with Crippen LogP contribution in [0.15, 0.2) is 0 Å². The number of halogens is 5. The number of hydrogen-bond donors (Lipinski definition) is 1. The Hall–Kier alpha value is -0.0400. The van der Waals surface area contributed by atoms with Gasteiger partial charge in [-0.05, 0) is 6.54 Å². The molecular weight excluding hydrogens is 213 g/mol. The number of thioether (sulfide) groups is 1. The van der Waals surface area contributed by atoms with Crippen LogP contribution in [-0.4, -0.2) is 30.3 Å². The Balaban J connectivity index is 3.77. The fraction of sp³-hybridized carbons (Fsp3) is 1.00. The normalized spacial score (nSPS) is 13.4. The zero-order chi connectivity index (χ0) is 10.5. The van der Waals surface area contributed by atoms with Gasteiger partial charge in [-0.25, -0.2) is 0 Å². The van der Waals surface area contributed by atoms with Crippen LogP contribution in [0.5, 0.6) is 0 Å². The van der Waals surface area contributed by atoms with Crippen molar-refractivity contribution in [1.29, 1.82) is 0 Å². The molecule has 13 heavy (non-hydrogen) atoms. The maximum Gasteiger partial charge on any atom is 0.464 e. The van der Waals surface area contributed by atoms with Gasteiger partial charge in [0, 0.05) is 12.3 Å². The molecule has 0 spiro atoms. The van der Waals surface area contributed by atoms with E-state index >= 15 is 0 Å². The molecule has 80 valence electrons. The average Bonchev–Trinajstić information content (AvgIpc) is 1.96. The van der Waals surface area contributed by atoms with E-state index in [0.717, 1.165) is 0 Å². The minimum atomic E-state index is -5.45. The number of hydrogen-bond acceptors (Lipinski definition) is 2. The van der Waals surface area contributed by atoms with Gasteiger partial charge in [0.2, 0.25) is 0 Å². The van der Waals surface area contributed by atoms with Gasteiger partial charge in [0.05, 0.1) is 0 Å². The topological polar surface area (TPSA) is 12.0 Å². The van der Waals surface area contributed by atoms with Gasteiger partial charge in [0.15, 0.2) is 0 Å². The first-order valence-corrected chi connectivity index (χ1v) is 4.59. The quantitative estimate of drug-likeness (QED) is 0.567. The van der Waals surface area contributed by atoms with Gasteiger partial charge in [-0.3, -0.25) is 0 Å². The summed E-state index contributed by atoms with van der Waals surface area (Å²) in [6.07, 6.45) is -5.45. The fourth-order valence-corrected chi connectivity index (χ4v) is 1.18. The summed E-state index contributed by atoms with van der Waals surface area (Å²) >= 11 is -0.395. The second-order valence-corrected chi connectivity index (χ2v) is 3.43. The molecule has 0 amide bonds. The van der Waals surface area contributed by atoms with Crippen LogP contribution < -0.4 is 5.32 Å². The predicted octanol–water partition coefficient (Wildman–Crippen LogP) is 2.48. The minimum absolute atomic E-state index is 0.146. The Morgan fingerprint density at radius 2 is 1.69 bits per heavy atom. The monoisotopic (exact) mass is 223 g/mol. The van der Waals surface area contributed by atoms with E-state index in [4.69, 9.17) is 0 Å². The van der Waals surface area contributed by atoms with E-state index in [1.165, 1.54) is 0 Å². The SMILES string of the molecule is CCNCCSC(F)(F)C(F)(F)F. The number of nitrogens with one attached hydrogen (secondary N) is 1. The molecular formula is C6H10F5NS. The Morgan fingerprint density at radius 3 is 2.08 bits per heavy atom. The zero-order valence-electron chi connectivity index (χ0n) is 6.92. The van der Waals surface area contributed by atoms with Crippen molar-refractivity contribution in [2.75, 3.05) is 18.8 Å². The smallest absolute Gasteiger partial charge is 0.316 e. The van der Waals surface area contributed by atoms with Gasteiger partial charge in [-0.15, -0.1) is 0 Å². The summed E-state index contributed by atoms with van der Waals surface area (Å²) < 4.78 is 59.0. The summed E-state index contributed by atoms with van der Waals surface area (Å²) in [6.45, 7) is 2.44. The van der Waals surface area contributed by atoms with Gasteiger partial charge in [-0.2, -0.15) is 22.0 Å². The lowest BCUT2D eigenvalue weighted by Crippen LogP contribution is -2.34. The van der Waals surface area contributed by atoms with Crippen LogP contribution in [0.4, 0.5) is 22.0 Å². The second kappa shape index (κ2) is 4.99. The molecule has 1 nitrogen and oxygen atoms in total. The molecule has 0 unspecified atom stereocenters. The molecule has 0 atom stereocenters. The van der Waals surface area contributed by atoms with Gasteiger partial charge in [-0.1, -0.05) is 18.7 Å². The van der Waals surface area contributed by atoms with Crippen LogP contribution in [0, 0.1) is 0 Å². The molecule has 7 heteroatoms. The van der Waals surface area contributed by atoms with E-state index < -0.39 is 23.2 Å². The molecule has 0 saturated heterocycles. The third kappa shape index (κ3) is 4.66. The first-order valence-electron chi connectivity index (χ1n) is 3.60. The van der Waals surface area contributed by atoms with Gasteiger partial charge < -0.3 is 5.32 Å². The second-order valence-electron chi connectivity index (χ2n) is 2.22. The molecule has 0 rings (SSSR count). The summed E-state index contributed by atoms with van der Waals surface area (Å²) in [5, 5.41) is -1.99. The first kappa shape index (κ1) is 13.0. The van der Waals surface area contributed by atoms with Crippen molar-refractivity contribution in [1.82, 2.24) is 5.32 Å². The number of rotatable bonds is 5. The van der Waals surface area contributed by atoms with Crippen LogP contribution in [0.1, 0.15) is 6.92 Å². The van der Waals surface area contributed by atoms with E-state index in [0.29, 0.717) is 6.54 Å². The molecule has 0 aromatic heterocycles. The summed E-state index contributed by atoms with van der Waals surface area (Å²) in [4.78, 5) is 0. The molecule has 0 aromatic carbocycles. The average molecular weight is 223 g/mol. The van der Waals surface area contributed by atoms with E-state index in [1.807, 2.05) is 0 Å². The van der Waals surface area contributed by atoms with Crippen molar-refractivity contribution >= 4 is 11.8 Å². The van der Waals surface area contributed by atoms with Crippen molar-refractivity contribution in [3.63, 3.8) is 0 Å². The first-order chi connectivity index (χ1) is 5.81. The fourth-order valence-electron chi connectivity index (χ4n) is 0.510. The van der Waals surface area contributed by atoms with Crippen molar-refractivity contribution in [3.8, 4) is 0 Å². The number of alkyl halides is 5. The van der Waals surface area contributed by atoms with Crippen molar-refractivity contribution in [3.05, 3.63) is 0 Å². The maximum atomic E-state index is 12.2. The van der Waals surface area contributed by atoms with Gasteiger partial charge >= 0.3 is 11.4 Å². The Labute approximate surface area is 77.1 Å². The maximum absolute atomic E-state index is 12.2. The summed E-state index contributed by atoms with van der Waals surface area (Å²) in [6, 6.07) is 0. The molecule has 0 aromatic rings. The van der Waals surface area contributed by atoms with Crippen molar-refractivity contribution in [2.45, 2.75) is 18.4 Å². The van der Waals surface area contributed by atoms with Crippen LogP contribution in [-0.2, 0) is 0 Å². The molecule has 0 bridgehead atoms. The zero-order valence-corrected chi connectivity index (χ0v) is 7.74. The van der Waals surface area contributed by atoms with Crippen molar-refractivity contribution in [2.24, 2.45) is 0 Å². The third-order valence-corrected chi connectivity index (χ3v) is 2.14. The highest BCUT2D eigenvalue weighted by Crippen LogP contribution is 2.43. The van der Waals surface area contributed by atoms with E-state index in [-0.39, 0.29) is 12.3 Å². The molecule has 1 N–H and O–H groups in total. The van der Waals surface area contributed by atoms with E-state index in [2.05, 4.69) is 5.32 Å². The predicted molar refractivity (Wildman–Crippen MR) is 42.0 cm³/mol. The van der Waals surface area contributed by atoms with Gasteiger partial charge in [0.1, 0.15) is 0 Å². The lowest BCUT2D eigenvalue weighted by atomic mass is 10.7. The Morgan fingerprint density at radius 1 is 1.15 bits per heavy atom. The molecule has 0 radical (unpaired) electrons. The third-order valence-electron chi connectivity index (χ3n) is 1.14. The van der Waals surface area contributed by atoms with Crippen LogP contribution in [0.3, 0.4) is 0 Å². The standard InChI is InChI=1S/C6H10F5NS/c1-2-12-3-4-13-6(10,11)5(7,8)9/h12H,2-4H2,1H3. The van der Waals surface area contributed by atoms with Crippen LogP contribution in [0.25, 0.3) is 0 Å². The molecule has 0 saturated carbocycles. The minimum Gasteiger partial charge on any atom is -0.316 e. The molecule has 0 aliphatic rings. The summed E-state index contributed by atoms with van der Waals surface area (Å²) in [5.74, 6) is -0.264. The van der Waals surface area contributed by atoms with Gasteiger partial charge in [0.25, 0.3) is 0 Å². The highest BCUT2D eigenvalue weighted by molar-refractivity contribution is 8.00. The summed E-state index contributed by atoms with van der Waals surface area (Å²) in [5.41, 5.74) is 0. The van der Waals surface area contributed by atoms with E-state index in [9.17, 15) is 22.0 Å². The molecule has 0 aliphatic carbocycles. The lowest BCUT2D eigenvalue weighted by Gasteiger charge is -2.18.